The Morgan fingerprint density at radius 2 is 1.95 bits per heavy atom. The van der Waals surface area contributed by atoms with Crippen LogP contribution in [0.1, 0.15) is 31.2 Å². The summed E-state index contributed by atoms with van der Waals surface area (Å²) in [5.41, 5.74) is 7.21. The predicted octanol–water partition coefficient (Wildman–Crippen LogP) is 2.47. The van der Waals surface area contributed by atoms with Crippen molar-refractivity contribution in [2.75, 3.05) is 33.2 Å². The van der Waals surface area contributed by atoms with Crippen LogP contribution in [0.3, 0.4) is 0 Å². The van der Waals surface area contributed by atoms with E-state index in [1.807, 2.05) is 6.07 Å². The van der Waals surface area contributed by atoms with Gasteiger partial charge in [0, 0.05) is 18.5 Å². The van der Waals surface area contributed by atoms with E-state index in [-0.39, 0.29) is 5.92 Å². The third-order valence-corrected chi connectivity index (χ3v) is 4.93. The van der Waals surface area contributed by atoms with E-state index >= 15 is 0 Å². The molecule has 1 fully saturated rings. The fourth-order valence-electron chi connectivity index (χ4n) is 3.16. The minimum Gasteiger partial charge on any atom is -0.393 e. The van der Waals surface area contributed by atoms with Crippen LogP contribution in [0.2, 0.25) is 0 Å². The second-order valence-corrected chi connectivity index (χ2v) is 6.44. The van der Waals surface area contributed by atoms with Gasteiger partial charge in [0.15, 0.2) is 0 Å². The molecular formula is C17H27N3S. The van der Waals surface area contributed by atoms with E-state index in [0.717, 1.165) is 13.1 Å². The van der Waals surface area contributed by atoms with E-state index in [9.17, 15) is 0 Å². The minimum atomic E-state index is 0.149. The minimum absolute atomic E-state index is 0.149. The van der Waals surface area contributed by atoms with E-state index in [4.69, 9.17) is 18.0 Å². The van der Waals surface area contributed by atoms with Crippen molar-refractivity contribution in [3.8, 4) is 0 Å². The number of hydrogen-bond acceptors (Lipinski definition) is 3. The van der Waals surface area contributed by atoms with E-state index < -0.39 is 0 Å². The fraction of sp³-hybridized carbons (Fsp3) is 0.588. The number of benzene rings is 1. The number of nitrogens with zero attached hydrogens (tertiary/aromatic N) is 2. The molecular weight excluding hydrogens is 278 g/mol. The van der Waals surface area contributed by atoms with Gasteiger partial charge in [-0.1, -0.05) is 49.5 Å². The van der Waals surface area contributed by atoms with Gasteiger partial charge in [0.25, 0.3) is 0 Å². The summed E-state index contributed by atoms with van der Waals surface area (Å²) in [7, 11) is 2.21. The Kier molecular flexibility index (Phi) is 6.15. The van der Waals surface area contributed by atoms with Gasteiger partial charge >= 0.3 is 0 Å². The maximum absolute atomic E-state index is 5.99. The summed E-state index contributed by atoms with van der Waals surface area (Å²) in [6, 6.07) is 11.0. The predicted molar refractivity (Wildman–Crippen MR) is 93.7 cm³/mol. The van der Waals surface area contributed by atoms with E-state index in [2.05, 4.69) is 48.0 Å². The quantitative estimate of drug-likeness (QED) is 0.819. The molecule has 0 radical (unpaired) electrons. The van der Waals surface area contributed by atoms with Crippen molar-refractivity contribution in [1.29, 1.82) is 0 Å². The Bertz CT molecular complexity index is 441. The van der Waals surface area contributed by atoms with Crippen molar-refractivity contribution in [1.82, 2.24) is 9.80 Å². The molecule has 0 spiro atoms. The lowest BCUT2D eigenvalue weighted by Gasteiger charge is -2.37. The third-order valence-electron chi connectivity index (χ3n) is 4.64. The van der Waals surface area contributed by atoms with E-state index in [1.165, 1.54) is 31.5 Å². The average molecular weight is 305 g/mol. The molecule has 1 atom stereocenters. The van der Waals surface area contributed by atoms with Gasteiger partial charge in [0.2, 0.25) is 0 Å². The zero-order chi connectivity index (χ0) is 15.2. The molecule has 2 N–H and O–H groups in total. The van der Waals surface area contributed by atoms with Crippen LogP contribution >= 0.6 is 12.2 Å². The first-order valence-corrected chi connectivity index (χ1v) is 8.29. The second-order valence-electron chi connectivity index (χ2n) is 5.97. The lowest BCUT2D eigenvalue weighted by atomic mass is 9.96. The van der Waals surface area contributed by atoms with Crippen molar-refractivity contribution in [2.45, 2.75) is 31.7 Å². The van der Waals surface area contributed by atoms with Crippen LogP contribution < -0.4 is 5.73 Å². The summed E-state index contributed by atoms with van der Waals surface area (Å²) in [5, 5.41) is 0. The zero-order valence-corrected chi connectivity index (χ0v) is 14.0. The Labute approximate surface area is 134 Å². The monoisotopic (exact) mass is 305 g/mol. The van der Waals surface area contributed by atoms with Crippen LogP contribution in [0.25, 0.3) is 0 Å². The highest BCUT2D eigenvalue weighted by molar-refractivity contribution is 7.80. The van der Waals surface area contributed by atoms with Crippen LogP contribution in [0.4, 0.5) is 0 Å². The second kappa shape index (κ2) is 7.87. The molecule has 4 heteroatoms. The Hall–Kier alpha value is -0.970. The Balaban J connectivity index is 1.96. The van der Waals surface area contributed by atoms with Crippen molar-refractivity contribution in [3.63, 3.8) is 0 Å². The first kappa shape index (κ1) is 16.4. The molecule has 21 heavy (non-hydrogen) atoms. The van der Waals surface area contributed by atoms with Gasteiger partial charge in [0.1, 0.15) is 0 Å². The molecule has 0 aromatic heterocycles. The molecule has 0 amide bonds. The summed E-state index contributed by atoms with van der Waals surface area (Å²) < 4.78 is 0. The number of rotatable bonds is 6. The van der Waals surface area contributed by atoms with Gasteiger partial charge in [-0.25, -0.2) is 0 Å². The molecule has 1 aliphatic heterocycles. The van der Waals surface area contributed by atoms with Crippen LogP contribution in [-0.2, 0) is 0 Å². The molecule has 1 aromatic carbocycles. The molecule has 1 saturated heterocycles. The summed E-state index contributed by atoms with van der Waals surface area (Å²) in [4.78, 5) is 5.56. The van der Waals surface area contributed by atoms with Gasteiger partial charge < -0.3 is 15.5 Å². The Morgan fingerprint density at radius 1 is 1.33 bits per heavy atom. The van der Waals surface area contributed by atoms with Crippen molar-refractivity contribution >= 4 is 17.2 Å². The molecule has 116 valence electrons. The van der Waals surface area contributed by atoms with Gasteiger partial charge in [-0.15, -0.1) is 0 Å². The first-order chi connectivity index (χ1) is 10.1. The van der Waals surface area contributed by atoms with Crippen LogP contribution in [0.5, 0.6) is 0 Å². The molecule has 2 rings (SSSR count). The van der Waals surface area contributed by atoms with Gasteiger partial charge in [0.05, 0.1) is 4.99 Å². The normalized spacial score (nSPS) is 18.8. The van der Waals surface area contributed by atoms with Crippen LogP contribution in [0, 0.1) is 0 Å². The topological polar surface area (TPSA) is 32.5 Å². The first-order valence-electron chi connectivity index (χ1n) is 7.88. The summed E-state index contributed by atoms with van der Waals surface area (Å²) in [6.45, 7) is 6.72. The molecule has 3 nitrogen and oxygen atoms in total. The van der Waals surface area contributed by atoms with E-state index in [1.54, 1.807) is 0 Å². The van der Waals surface area contributed by atoms with E-state index in [0.29, 0.717) is 11.0 Å². The summed E-state index contributed by atoms with van der Waals surface area (Å²) in [5.74, 6) is 0.149. The number of likely N-dealkylation sites (tertiary alicyclic amines) is 1. The SMILES string of the molecule is CCN1CCC(N(C)CC(C(N)=S)c2ccccc2)CC1. The smallest absolute Gasteiger partial charge is 0.0816 e. The number of thiocarbonyl (C=S) groups is 1. The molecule has 1 aliphatic rings. The zero-order valence-electron chi connectivity index (χ0n) is 13.2. The lowest BCUT2D eigenvalue weighted by Crippen LogP contribution is -2.45. The largest absolute Gasteiger partial charge is 0.393 e. The fourth-order valence-corrected chi connectivity index (χ4v) is 3.37. The van der Waals surface area contributed by atoms with Crippen molar-refractivity contribution in [2.24, 2.45) is 5.73 Å². The summed E-state index contributed by atoms with van der Waals surface area (Å²) >= 11 is 5.30. The number of piperidine rings is 1. The maximum atomic E-state index is 5.99. The van der Waals surface area contributed by atoms with Gasteiger partial charge in [-0.05, 0) is 45.1 Å². The highest BCUT2D eigenvalue weighted by Gasteiger charge is 2.25. The van der Waals surface area contributed by atoms with Crippen LogP contribution in [0.15, 0.2) is 30.3 Å². The molecule has 0 aliphatic carbocycles. The molecule has 0 saturated carbocycles. The standard InChI is InChI=1S/C17H27N3S/c1-3-20-11-9-15(10-12-20)19(2)13-16(17(18)21)14-7-5-4-6-8-14/h4-8,15-16H,3,9-13H2,1-2H3,(H2,18,21). The maximum Gasteiger partial charge on any atom is 0.0816 e. The summed E-state index contributed by atoms with van der Waals surface area (Å²) in [6.07, 6.45) is 2.48. The third kappa shape index (κ3) is 4.50. The highest BCUT2D eigenvalue weighted by atomic mass is 32.1. The lowest BCUT2D eigenvalue weighted by molar-refractivity contribution is 0.131. The van der Waals surface area contributed by atoms with Crippen LogP contribution in [-0.4, -0.2) is 54.1 Å². The van der Waals surface area contributed by atoms with Gasteiger partial charge in [-0.3, -0.25) is 0 Å². The molecule has 0 bridgehead atoms. The van der Waals surface area contributed by atoms with Crippen molar-refractivity contribution < 1.29 is 0 Å². The number of nitrogens with two attached hydrogens (primary N) is 1. The van der Waals surface area contributed by atoms with Crippen molar-refractivity contribution in [3.05, 3.63) is 35.9 Å². The molecule has 1 unspecified atom stereocenters. The van der Waals surface area contributed by atoms with Gasteiger partial charge in [-0.2, -0.15) is 0 Å². The number of likely N-dealkylation sites (N-methyl/N-ethyl adjacent to an activating group) is 1. The molecule has 1 heterocycles. The molecule has 1 aromatic rings. The number of hydrogen-bond donors (Lipinski definition) is 1. The average Bonchev–Trinajstić information content (AvgIpc) is 2.53. The highest BCUT2D eigenvalue weighted by Crippen LogP contribution is 2.21. The Morgan fingerprint density at radius 3 is 2.48 bits per heavy atom.